The van der Waals surface area contributed by atoms with Crippen LogP contribution in [0.25, 0.3) is 22.3 Å². The third-order valence-electron chi connectivity index (χ3n) is 9.97. The van der Waals surface area contributed by atoms with Crippen molar-refractivity contribution in [2.75, 3.05) is 37.8 Å². The van der Waals surface area contributed by atoms with E-state index in [1.165, 1.54) is 6.33 Å². The van der Waals surface area contributed by atoms with Crippen LogP contribution in [-0.4, -0.2) is 91.3 Å². The molecule has 276 valence electrons. The Morgan fingerprint density at radius 1 is 0.963 bits per heavy atom. The summed E-state index contributed by atoms with van der Waals surface area (Å²) in [5.41, 5.74) is 9.94. The van der Waals surface area contributed by atoms with Crippen molar-refractivity contribution >= 4 is 52.2 Å². The predicted octanol–water partition coefficient (Wildman–Crippen LogP) is 4.60. The number of piperidine rings is 2. The quantitative estimate of drug-likeness (QED) is 0.110. The summed E-state index contributed by atoms with van der Waals surface area (Å²) >= 11 is 1.54. The zero-order chi connectivity index (χ0) is 37.2. The fraction of sp³-hybridized carbons (Fsp3) is 0.308. The van der Waals surface area contributed by atoms with Crippen LogP contribution in [0.5, 0.6) is 11.5 Å². The van der Waals surface area contributed by atoms with Crippen molar-refractivity contribution in [3.63, 3.8) is 0 Å². The number of fused-ring (bicyclic) bond motifs is 2. The lowest BCUT2D eigenvalue weighted by Gasteiger charge is -2.33. The van der Waals surface area contributed by atoms with Crippen LogP contribution in [0, 0.1) is 0 Å². The number of imide groups is 1. The Morgan fingerprint density at radius 2 is 1.78 bits per heavy atom. The number of nitrogen functional groups attached to an aromatic ring is 1. The van der Waals surface area contributed by atoms with Gasteiger partial charge in [0.05, 0.1) is 18.0 Å². The number of nitrogens with zero attached hydrogens (tertiary/aromatic N) is 6. The van der Waals surface area contributed by atoms with Gasteiger partial charge in [0.15, 0.2) is 5.65 Å². The summed E-state index contributed by atoms with van der Waals surface area (Å²) in [4.78, 5) is 63.7. The largest absolute Gasteiger partial charge is 0.457 e. The van der Waals surface area contributed by atoms with E-state index in [0.29, 0.717) is 72.3 Å². The second-order valence-electron chi connectivity index (χ2n) is 13.4. The van der Waals surface area contributed by atoms with Crippen LogP contribution in [0.4, 0.5) is 5.82 Å². The SMILES string of the molecule is Nc1ncnc2c1c(-c1ccc(Oc3ccccc3)cc1)nn2[C@@H]1CCCN(C(=O)COCCSc2cccc3c2CN(C2CCC(=O)NC2=O)C3=O)C1. The molecule has 2 saturated heterocycles. The minimum Gasteiger partial charge on any atom is -0.457 e. The summed E-state index contributed by atoms with van der Waals surface area (Å²) < 4.78 is 13.7. The molecule has 8 rings (SSSR count). The van der Waals surface area contributed by atoms with E-state index in [1.54, 1.807) is 22.7 Å². The number of amides is 4. The lowest BCUT2D eigenvalue weighted by atomic mass is 10.0. The van der Waals surface area contributed by atoms with Crippen LogP contribution in [0.2, 0.25) is 0 Å². The second-order valence-corrected chi connectivity index (χ2v) is 14.5. The van der Waals surface area contributed by atoms with Gasteiger partial charge < -0.3 is 25.0 Å². The summed E-state index contributed by atoms with van der Waals surface area (Å²) in [6.45, 7) is 1.66. The van der Waals surface area contributed by atoms with Crippen molar-refractivity contribution < 1.29 is 28.7 Å². The molecular weight excluding hydrogens is 709 g/mol. The maximum Gasteiger partial charge on any atom is 0.255 e. The number of rotatable bonds is 11. The number of carbonyl (C=O) groups excluding carboxylic acids is 4. The molecule has 4 amide bonds. The molecule has 3 aromatic carbocycles. The highest BCUT2D eigenvalue weighted by Gasteiger charge is 2.40. The number of ether oxygens (including phenoxy) is 2. The van der Waals surface area contributed by atoms with Crippen LogP contribution in [-0.2, 0) is 25.7 Å². The number of para-hydroxylation sites is 1. The summed E-state index contributed by atoms with van der Waals surface area (Å²) in [5.74, 6) is 1.29. The van der Waals surface area contributed by atoms with Crippen LogP contribution in [0.3, 0.4) is 0 Å². The number of hydrogen-bond acceptors (Lipinski definition) is 11. The summed E-state index contributed by atoms with van der Waals surface area (Å²) in [6.07, 6.45) is 3.57. The lowest BCUT2D eigenvalue weighted by molar-refractivity contribution is -0.138. The predicted molar refractivity (Wildman–Crippen MR) is 201 cm³/mol. The molecule has 1 unspecified atom stereocenters. The molecule has 0 saturated carbocycles. The summed E-state index contributed by atoms with van der Waals surface area (Å²) in [5, 5.41) is 8.00. The maximum absolute atomic E-state index is 13.3. The molecule has 2 aromatic heterocycles. The Morgan fingerprint density at radius 3 is 2.59 bits per heavy atom. The number of carbonyl (C=O) groups is 4. The van der Waals surface area contributed by atoms with Crippen molar-refractivity contribution in [1.29, 1.82) is 0 Å². The van der Waals surface area contributed by atoms with Crippen LogP contribution >= 0.6 is 11.8 Å². The average molecular weight is 747 g/mol. The molecule has 5 aromatic rings. The minimum atomic E-state index is -0.664. The molecule has 3 N–H and O–H groups in total. The van der Waals surface area contributed by atoms with E-state index in [2.05, 4.69) is 15.3 Å². The smallest absolute Gasteiger partial charge is 0.255 e. The van der Waals surface area contributed by atoms with Crippen molar-refractivity contribution in [2.45, 2.75) is 49.2 Å². The Labute approximate surface area is 315 Å². The molecule has 0 spiro atoms. The van der Waals surface area contributed by atoms with Crippen LogP contribution in [0.1, 0.15) is 47.6 Å². The standard InChI is InChI=1S/C39H38N8O6S/c40-36-34-35(24-11-13-27(14-12-24)53-26-7-2-1-3-8-26)44-47(37(34)42-23-41-36)25-6-5-17-45(20-25)33(49)22-52-18-19-54-31-10-4-9-28-29(31)21-46(39(28)51)30-15-16-32(48)43-38(30)50/h1-4,7-14,23,25,30H,5-6,15-22H2,(H2,40,41,42)(H,43,48,50)/t25-,30?/m1/s1. The van der Waals surface area contributed by atoms with E-state index in [1.807, 2.05) is 76.3 Å². The van der Waals surface area contributed by atoms with E-state index in [9.17, 15) is 19.2 Å². The number of thioether (sulfide) groups is 1. The monoisotopic (exact) mass is 746 g/mol. The first-order valence-corrected chi connectivity index (χ1v) is 18.9. The number of benzene rings is 3. The third kappa shape index (κ3) is 7.11. The molecular formula is C39H38N8O6S. The highest BCUT2D eigenvalue weighted by atomic mass is 32.2. The fourth-order valence-corrected chi connectivity index (χ4v) is 8.24. The normalized spacial score (nSPS) is 18.6. The minimum absolute atomic E-state index is 0.0560. The van der Waals surface area contributed by atoms with Gasteiger partial charge in [0.25, 0.3) is 5.91 Å². The number of nitrogens with two attached hydrogens (primary N) is 1. The van der Waals surface area contributed by atoms with E-state index < -0.39 is 11.9 Å². The lowest BCUT2D eigenvalue weighted by Crippen LogP contribution is -2.52. The topological polar surface area (TPSA) is 175 Å². The number of aromatic nitrogens is 4. The number of likely N-dealkylation sites (tertiary alicyclic amines) is 1. The van der Waals surface area contributed by atoms with Crippen molar-refractivity contribution in [3.05, 3.63) is 90.3 Å². The summed E-state index contributed by atoms with van der Waals surface area (Å²) in [7, 11) is 0. The molecule has 3 aliphatic rings. The molecule has 5 heterocycles. The molecule has 0 radical (unpaired) electrons. The zero-order valence-corrected chi connectivity index (χ0v) is 30.2. The van der Waals surface area contributed by atoms with Gasteiger partial charge in [-0.1, -0.05) is 24.3 Å². The number of anilines is 1. The van der Waals surface area contributed by atoms with Gasteiger partial charge in [-0.25, -0.2) is 14.6 Å². The van der Waals surface area contributed by atoms with Gasteiger partial charge in [0, 0.05) is 47.8 Å². The van der Waals surface area contributed by atoms with Gasteiger partial charge >= 0.3 is 0 Å². The van der Waals surface area contributed by atoms with Crippen molar-refractivity contribution in [3.8, 4) is 22.8 Å². The van der Waals surface area contributed by atoms with Gasteiger partial charge in [-0.2, -0.15) is 5.10 Å². The molecule has 2 atom stereocenters. The van der Waals surface area contributed by atoms with Gasteiger partial charge in [-0.15, -0.1) is 11.8 Å². The van der Waals surface area contributed by atoms with Gasteiger partial charge in [0.2, 0.25) is 17.7 Å². The van der Waals surface area contributed by atoms with Gasteiger partial charge in [-0.05, 0) is 73.4 Å². The molecule has 2 fully saturated rings. The Balaban J connectivity index is 0.873. The van der Waals surface area contributed by atoms with Gasteiger partial charge in [-0.3, -0.25) is 24.5 Å². The third-order valence-corrected chi connectivity index (χ3v) is 11.0. The molecule has 14 nitrogen and oxygen atoms in total. The average Bonchev–Trinajstić information content (AvgIpc) is 3.75. The number of hydrogen-bond donors (Lipinski definition) is 2. The highest BCUT2D eigenvalue weighted by Crippen LogP contribution is 2.36. The van der Waals surface area contributed by atoms with E-state index in [4.69, 9.17) is 20.3 Å². The Hall–Kier alpha value is -5.80. The van der Waals surface area contributed by atoms with Crippen LogP contribution in [0.15, 0.2) is 84.0 Å². The Kier molecular flexibility index (Phi) is 9.97. The molecule has 3 aliphatic heterocycles. The molecule has 0 bridgehead atoms. The highest BCUT2D eigenvalue weighted by molar-refractivity contribution is 7.99. The first-order valence-electron chi connectivity index (χ1n) is 17.9. The van der Waals surface area contributed by atoms with Crippen molar-refractivity contribution in [2.24, 2.45) is 0 Å². The fourth-order valence-electron chi connectivity index (χ4n) is 7.29. The first-order chi connectivity index (χ1) is 26.3. The van der Waals surface area contributed by atoms with Crippen LogP contribution < -0.4 is 15.8 Å². The Bertz CT molecular complexity index is 2230. The molecule has 54 heavy (non-hydrogen) atoms. The van der Waals surface area contributed by atoms with E-state index in [-0.39, 0.29) is 36.8 Å². The van der Waals surface area contributed by atoms with Crippen molar-refractivity contribution in [1.82, 2.24) is 34.9 Å². The molecule has 15 heteroatoms. The zero-order valence-electron chi connectivity index (χ0n) is 29.3. The van der Waals surface area contributed by atoms with E-state index >= 15 is 0 Å². The first kappa shape index (κ1) is 35.2. The maximum atomic E-state index is 13.3. The summed E-state index contributed by atoms with van der Waals surface area (Å²) in [6, 6.07) is 22.0. The van der Waals surface area contributed by atoms with E-state index in [0.717, 1.165) is 34.6 Å². The van der Waals surface area contributed by atoms with Gasteiger partial charge in [0.1, 0.15) is 42.0 Å². The molecule has 0 aliphatic carbocycles. The number of nitrogens with one attached hydrogen (secondary N) is 1. The second kappa shape index (κ2) is 15.3.